The number of carbonyl (C=O) groups excluding carboxylic acids is 2. The van der Waals surface area contributed by atoms with Crippen molar-refractivity contribution in [2.24, 2.45) is 22.7 Å². The van der Waals surface area contributed by atoms with Crippen molar-refractivity contribution in [3.63, 3.8) is 0 Å². The highest BCUT2D eigenvalue weighted by atomic mass is 16.6. The molecule has 2 N–H and O–H groups in total. The molecule has 0 aromatic heterocycles. The van der Waals surface area contributed by atoms with E-state index in [-0.39, 0.29) is 29.1 Å². The van der Waals surface area contributed by atoms with E-state index in [9.17, 15) is 19.8 Å². The Hall–Kier alpha value is -2.64. The molecule has 4 rings (SSSR count). The molecular weight excluding hydrogens is 446 g/mol. The van der Waals surface area contributed by atoms with E-state index in [0.717, 1.165) is 12.8 Å². The summed E-state index contributed by atoms with van der Waals surface area (Å²) in [6.07, 6.45) is 5.54. The molecule has 35 heavy (non-hydrogen) atoms. The third-order valence-corrected chi connectivity index (χ3v) is 8.93. The van der Waals surface area contributed by atoms with Crippen LogP contribution in [0.5, 0.6) is 0 Å². The Morgan fingerprint density at radius 1 is 1.20 bits per heavy atom. The summed E-state index contributed by atoms with van der Waals surface area (Å²) < 4.78 is 11.3. The first kappa shape index (κ1) is 25.5. The average molecular weight is 484 g/mol. The summed E-state index contributed by atoms with van der Waals surface area (Å²) in [5.74, 6) is -1.32. The van der Waals surface area contributed by atoms with Crippen LogP contribution in [0.25, 0.3) is 0 Å². The number of hydrogen-bond donors (Lipinski definition) is 2. The molecule has 3 aliphatic carbocycles. The van der Waals surface area contributed by atoms with E-state index in [0.29, 0.717) is 36.6 Å². The molecule has 190 valence electrons. The minimum atomic E-state index is -1.12. The Bertz CT molecular complexity index is 1040. The van der Waals surface area contributed by atoms with Gasteiger partial charge in [-0.2, -0.15) is 0 Å². The zero-order valence-electron chi connectivity index (χ0n) is 21.2. The fourth-order valence-electron chi connectivity index (χ4n) is 6.97. The third kappa shape index (κ3) is 3.62. The molecular formula is C28H37NO6. The number of hydrogen-bond acceptors (Lipinski definition) is 7. The number of ketones is 1. The van der Waals surface area contributed by atoms with Gasteiger partial charge in [0.25, 0.3) is 0 Å². The van der Waals surface area contributed by atoms with Gasteiger partial charge in [0.1, 0.15) is 6.10 Å². The Balaban J connectivity index is 1.96. The first-order valence-electron chi connectivity index (χ1n) is 12.3. The number of carbonyl (C=O) groups is 2. The van der Waals surface area contributed by atoms with Crippen molar-refractivity contribution in [3.8, 4) is 0 Å². The lowest BCUT2D eigenvalue weighted by Gasteiger charge is -2.53. The maximum atomic E-state index is 13.8. The second-order valence-corrected chi connectivity index (χ2v) is 10.8. The lowest BCUT2D eigenvalue weighted by Crippen LogP contribution is -2.56. The maximum Gasteiger partial charge on any atom is 0.340 e. The molecule has 1 saturated heterocycles. The van der Waals surface area contributed by atoms with Crippen LogP contribution >= 0.6 is 0 Å². The summed E-state index contributed by atoms with van der Waals surface area (Å²) >= 11 is 0. The van der Waals surface area contributed by atoms with E-state index in [4.69, 9.17) is 9.47 Å². The molecule has 7 nitrogen and oxygen atoms in total. The second-order valence-electron chi connectivity index (χ2n) is 10.8. The van der Waals surface area contributed by atoms with Crippen LogP contribution in [0.1, 0.15) is 40.0 Å². The van der Waals surface area contributed by atoms with Crippen molar-refractivity contribution in [2.75, 3.05) is 26.8 Å². The molecule has 1 heterocycles. The molecule has 7 heteroatoms. The number of aliphatic hydroxyl groups excluding tert-OH is 2. The van der Waals surface area contributed by atoms with Crippen molar-refractivity contribution in [1.82, 2.24) is 4.90 Å². The van der Waals surface area contributed by atoms with Gasteiger partial charge in [0, 0.05) is 37.5 Å². The molecule has 1 saturated carbocycles. The summed E-state index contributed by atoms with van der Waals surface area (Å²) in [5.41, 5.74) is -0.0113. The Labute approximate surface area is 207 Å². The number of aliphatic hydroxyl groups is 2. The van der Waals surface area contributed by atoms with E-state index >= 15 is 0 Å². The fourth-order valence-corrected chi connectivity index (χ4v) is 6.97. The second kappa shape index (κ2) is 9.10. The molecule has 2 fully saturated rings. The maximum absolute atomic E-state index is 13.8. The minimum Gasteiger partial charge on any atom is -0.504 e. The van der Waals surface area contributed by atoms with Crippen LogP contribution in [0, 0.1) is 22.7 Å². The monoisotopic (exact) mass is 483 g/mol. The van der Waals surface area contributed by atoms with E-state index in [2.05, 4.69) is 27.0 Å². The van der Waals surface area contributed by atoms with Gasteiger partial charge in [0.15, 0.2) is 5.76 Å². The highest BCUT2D eigenvalue weighted by Gasteiger charge is 2.63. The van der Waals surface area contributed by atoms with Crippen molar-refractivity contribution >= 4 is 11.8 Å². The number of ether oxygens (including phenoxy) is 2. The third-order valence-electron chi connectivity index (χ3n) is 8.93. The quantitative estimate of drug-likeness (QED) is 0.324. The molecule has 6 atom stereocenters. The first-order valence-corrected chi connectivity index (χ1v) is 12.3. The molecule has 0 aromatic carbocycles. The van der Waals surface area contributed by atoms with Gasteiger partial charge in [0.2, 0.25) is 5.78 Å². The lowest BCUT2D eigenvalue weighted by molar-refractivity contribution is -0.157. The summed E-state index contributed by atoms with van der Waals surface area (Å²) in [5, 5.41) is 23.0. The van der Waals surface area contributed by atoms with E-state index in [1.54, 1.807) is 23.3 Å². The predicted molar refractivity (Wildman–Crippen MR) is 132 cm³/mol. The number of fused-ring (bicyclic) bond motifs is 4. The van der Waals surface area contributed by atoms with E-state index < -0.39 is 35.1 Å². The number of Topliss-reactive ketones (excluding diaryl/α,β-unsaturated/α-hetero) is 1. The van der Waals surface area contributed by atoms with Crippen LogP contribution in [0.15, 0.2) is 59.6 Å². The average Bonchev–Trinajstić information content (AvgIpc) is 3.09. The van der Waals surface area contributed by atoms with Crippen LogP contribution in [0.4, 0.5) is 0 Å². The van der Waals surface area contributed by atoms with Crippen LogP contribution < -0.4 is 0 Å². The van der Waals surface area contributed by atoms with Gasteiger partial charge in [-0.15, -0.1) is 13.2 Å². The largest absolute Gasteiger partial charge is 0.504 e. The predicted octanol–water partition coefficient (Wildman–Crippen LogP) is 3.63. The molecule has 0 amide bonds. The fraction of sp³-hybridized carbons (Fsp3) is 0.571. The van der Waals surface area contributed by atoms with Crippen molar-refractivity contribution in [2.45, 2.75) is 52.2 Å². The number of esters is 1. The summed E-state index contributed by atoms with van der Waals surface area (Å²) in [7, 11) is 1.51. The highest BCUT2D eigenvalue weighted by molar-refractivity contribution is 6.13. The van der Waals surface area contributed by atoms with Crippen molar-refractivity contribution in [3.05, 3.63) is 59.6 Å². The van der Waals surface area contributed by atoms with Crippen LogP contribution in [-0.4, -0.2) is 65.9 Å². The number of methoxy groups -OCH3 is 1. The van der Waals surface area contributed by atoms with Crippen LogP contribution in [0.2, 0.25) is 0 Å². The lowest BCUT2D eigenvalue weighted by atomic mass is 9.52. The highest BCUT2D eigenvalue weighted by Crippen LogP contribution is 2.63. The van der Waals surface area contributed by atoms with Gasteiger partial charge in [0.05, 0.1) is 23.7 Å². The normalized spacial score (nSPS) is 37.6. The Morgan fingerprint density at radius 3 is 2.46 bits per heavy atom. The first-order chi connectivity index (χ1) is 16.6. The van der Waals surface area contributed by atoms with Gasteiger partial charge in [-0.05, 0) is 49.0 Å². The molecule has 0 aromatic rings. The van der Waals surface area contributed by atoms with Crippen molar-refractivity contribution in [1.29, 1.82) is 0 Å². The number of cyclic esters (lactones) is 1. The molecule has 0 bridgehead atoms. The van der Waals surface area contributed by atoms with E-state index in [1.165, 1.54) is 7.11 Å². The number of nitrogens with zero attached hydrogens (tertiary/aromatic N) is 1. The zero-order valence-corrected chi connectivity index (χ0v) is 21.2. The van der Waals surface area contributed by atoms with Gasteiger partial charge in [-0.25, -0.2) is 4.79 Å². The van der Waals surface area contributed by atoms with Crippen LogP contribution in [-0.2, 0) is 19.1 Å². The van der Waals surface area contributed by atoms with Crippen molar-refractivity contribution < 1.29 is 29.3 Å². The summed E-state index contributed by atoms with van der Waals surface area (Å²) in [4.78, 5) is 28.8. The van der Waals surface area contributed by atoms with Gasteiger partial charge in [-0.3, -0.25) is 4.79 Å². The Morgan fingerprint density at radius 2 is 1.86 bits per heavy atom. The standard InChI is InChI=1S/C28H37NO6/c1-7-11-29(12-8-2)14-17-22-25(32)24(31)21-18-10-9-16(3)27(18,4)13-19(30)23(21)28(22,5)20(15-34-6)35-26(17)33/h7-8,14,16,18-20,30,32H,1-2,9-13,15H2,3-6H3/b17-14+/t16?,18-,19+,20+,27+,28-/m0/s1. The van der Waals surface area contributed by atoms with Gasteiger partial charge in [-0.1, -0.05) is 26.0 Å². The topological polar surface area (TPSA) is 96.3 Å². The number of rotatable bonds is 7. The Kier molecular flexibility index (Phi) is 6.62. The molecule has 0 spiro atoms. The van der Waals surface area contributed by atoms with Gasteiger partial charge >= 0.3 is 5.97 Å². The SMILES string of the molecule is C=CCN(/C=C1/C(=O)O[C@H](COC)[C@@]2(C)C1=C(O)C(=O)C1=C2[C@H](O)C[C@]2(C)C(C)CC[C@@H]12)CC=C. The molecule has 1 unspecified atom stereocenters. The number of allylic oxidation sites excluding steroid dienone is 1. The smallest absolute Gasteiger partial charge is 0.340 e. The van der Waals surface area contributed by atoms with E-state index in [1.807, 2.05) is 6.92 Å². The molecule has 1 aliphatic heterocycles. The van der Waals surface area contributed by atoms with Crippen LogP contribution in [0.3, 0.4) is 0 Å². The summed E-state index contributed by atoms with van der Waals surface area (Å²) in [6, 6.07) is 0. The molecule has 4 aliphatic rings. The minimum absolute atomic E-state index is 0.0609. The molecule has 0 radical (unpaired) electrons. The zero-order chi connectivity index (χ0) is 25.7. The summed E-state index contributed by atoms with van der Waals surface area (Å²) in [6.45, 7) is 14.6. The van der Waals surface area contributed by atoms with Gasteiger partial charge < -0.3 is 24.6 Å².